The summed E-state index contributed by atoms with van der Waals surface area (Å²) in [6.07, 6.45) is 5.58. The molecule has 4 heterocycles. The van der Waals surface area contributed by atoms with Crippen LogP contribution in [-0.4, -0.2) is 9.13 Å². The molecule has 0 spiro atoms. The zero-order valence-electron chi connectivity index (χ0n) is 28.5. The number of pyridine rings is 1. The molecule has 0 bridgehead atoms. The van der Waals surface area contributed by atoms with Crippen molar-refractivity contribution in [2.75, 3.05) is 0 Å². The molecule has 50 heavy (non-hydrogen) atoms. The molecule has 1 aliphatic rings. The third-order valence-corrected chi connectivity index (χ3v) is 11.5. The van der Waals surface area contributed by atoms with Gasteiger partial charge in [0.05, 0.1) is 27.6 Å². The van der Waals surface area contributed by atoms with Crippen molar-refractivity contribution < 1.29 is 4.57 Å². The van der Waals surface area contributed by atoms with Crippen molar-refractivity contribution in [3.8, 4) is 33.8 Å². The maximum absolute atomic E-state index is 2.55. The van der Waals surface area contributed by atoms with Gasteiger partial charge in [0.2, 0.25) is 5.69 Å². The van der Waals surface area contributed by atoms with Crippen molar-refractivity contribution in [1.29, 1.82) is 0 Å². The highest BCUT2D eigenvalue weighted by atomic mass is 15.1. The van der Waals surface area contributed by atoms with E-state index in [1.807, 2.05) is 0 Å². The van der Waals surface area contributed by atoms with Crippen molar-refractivity contribution in [1.82, 2.24) is 9.13 Å². The number of rotatable bonds is 5. The molecule has 0 saturated heterocycles. The van der Waals surface area contributed by atoms with Crippen LogP contribution in [0.1, 0.15) is 32.3 Å². The van der Waals surface area contributed by atoms with Gasteiger partial charge in [-0.15, -0.1) is 0 Å². The fourth-order valence-corrected chi connectivity index (χ4v) is 8.93. The lowest BCUT2D eigenvalue weighted by Crippen LogP contribution is -2.60. The van der Waals surface area contributed by atoms with Crippen LogP contribution in [0.15, 0.2) is 158 Å². The monoisotopic (exact) mass is 644 g/mol. The van der Waals surface area contributed by atoms with Gasteiger partial charge in [0.1, 0.15) is 0 Å². The van der Waals surface area contributed by atoms with Crippen molar-refractivity contribution >= 4 is 43.6 Å². The first-order valence-corrected chi connectivity index (χ1v) is 17.9. The molecule has 9 aromatic rings. The van der Waals surface area contributed by atoms with E-state index in [4.69, 9.17) is 0 Å². The molecular weight excluding hydrogens is 607 g/mol. The Morgan fingerprint density at radius 2 is 1.10 bits per heavy atom. The van der Waals surface area contributed by atoms with Crippen LogP contribution in [0.2, 0.25) is 0 Å². The number of hydrogen-bond acceptors (Lipinski definition) is 0. The lowest BCUT2D eigenvalue weighted by atomic mass is 9.78. The Labute approximate surface area is 292 Å². The largest absolute Gasteiger partial charge is 0.307 e. The first kappa shape index (κ1) is 29.0. The number of benzene rings is 6. The summed E-state index contributed by atoms with van der Waals surface area (Å²) in [5.74, 6) is 0. The molecule has 3 heteroatoms. The molecule has 0 amide bonds. The van der Waals surface area contributed by atoms with Crippen LogP contribution in [-0.2, 0) is 12.0 Å². The van der Waals surface area contributed by atoms with E-state index in [0.717, 1.165) is 24.9 Å². The minimum Gasteiger partial charge on any atom is -0.307 e. The molecule has 0 atom stereocenters. The Kier molecular flexibility index (Phi) is 6.41. The molecule has 0 unspecified atom stereocenters. The number of hydrogen-bond donors (Lipinski definition) is 0. The number of para-hydroxylation sites is 3. The zero-order valence-corrected chi connectivity index (χ0v) is 28.5. The van der Waals surface area contributed by atoms with Crippen molar-refractivity contribution in [3.05, 3.63) is 163 Å². The second-order valence-electron chi connectivity index (χ2n) is 13.9. The van der Waals surface area contributed by atoms with Gasteiger partial charge in [0.15, 0.2) is 11.7 Å². The summed E-state index contributed by atoms with van der Waals surface area (Å²) in [6.45, 7) is 4.67. The highest BCUT2D eigenvalue weighted by Crippen LogP contribution is 2.43. The van der Waals surface area contributed by atoms with E-state index in [1.54, 1.807) is 0 Å². The van der Waals surface area contributed by atoms with Crippen molar-refractivity contribution in [2.45, 2.75) is 38.6 Å². The molecule has 3 nitrogen and oxygen atoms in total. The lowest BCUT2D eigenvalue weighted by Gasteiger charge is -2.33. The third-order valence-electron chi connectivity index (χ3n) is 11.5. The Morgan fingerprint density at radius 1 is 0.520 bits per heavy atom. The minimum absolute atomic E-state index is 0.122. The number of nitrogens with zero attached hydrogens (tertiary/aromatic N) is 3. The van der Waals surface area contributed by atoms with Crippen LogP contribution >= 0.6 is 0 Å². The SMILES string of the molecule is CCC1(CC)Cc2ccc(-c3ccc4c(c3)c3ccc5c6ccccc6n(-c6ccccc6)c5c3n4-c3ccccc3)cc2-c2cccc[n+]21. The Morgan fingerprint density at radius 3 is 1.80 bits per heavy atom. The molecule has 0 radical (unpaired) electrons. The molecule has 6 aromatic carbocycles. The minimum atomic E-state index is 0.122. The summed E-state index contributed by atoms with van der Waals surface area (Å²) in [6, 6.07) is 56.0. The third kappa shape index (κ3) is 4.07. The second kappa shape index (κ2) is 11.0. The Hall–Kier alpha value is -5.93. The predicted octanol–water partition coefficient (Wildman–Crippen LogP) is 11.6. The molecule has 3 aromatic heterocycles. The first-order chi connectivity index (χ1) is 24.7. The van der Waals surface area contributed by atoms with E-state index in [9.17, 15) is 0 Å². The number of fused-ring (bicyclic) bond motifs is 10. The fraction of sp³-hybridized carbons (Fsp3) is 0.128. The summed E-state index contributed by atoms with van der Waals surface area (Å²) >= 11 is 0. The zero-order chi connectivity index (χ0) is 33.4. The topological polar surface area (TPSA) is 13.7 Å². The van der Waals surface area contributed by atoms with Crippen LogP contribution in [0.25, 0.3) is 77.4 Å². The van der Waals surface area contributed by atoms with Gasteiger partial charge in [0, 0.05) is 64.3 Å². The summed E-state index contributed by atoms with van der Waals surface area (Å²) in [5, 5.41) is 5.05. The molecule has 0 N–H and O–H groups in total. The van der Waals surface area contributed by atoms with E-state index >= 15 is 0 Å². The predicted molar refractivity (Wildman–Crippen MR) is 208 cm³/mol. The summed E-state index contributed by atoms with van der Waals surface area (Å²) in [7, 11) is 0. The summed E-state index contributed by atoms with van der Waals surface area (Å²) < 4.78 is 7.48. The van der Waals surface area contributed by atoms with E-state index in [-0.39, 0.29) is 5.54 Å². The van der Waals surface area contributed by atoms with E-state index in [0.29, 0.717) is 0 Å². The standard InChI is InChI=1S/C47H38N3/c1-3-47(4-2)31-34-23-22-32(29-40(34)42-20-13-14-28-48(42)47)33-24-27-44-41(30-33)39-26-25-38-37-19-11-12-21-43(37)49(35-15-7-5-8-16-35)45(38)46(39)50(44)36-17-9-6-10-18-36/h5-30H,3-4,31H2,1-2H3/q+1. The first-order valence-electron chi connectivity index (χ1n) is 17.9. The maximum atomic E-state index is 2.55. The smallest absolute Gasteiger partial charge is 0.213 e. The average Bonchev–Trinajstić information content (AvgIpc) is 3.71. The second-order valence-corrected chi connectivity index (χ2v) is 13.9. The van der Waals surface area contributed by atoms with Crippen LogP contribution in [0.5, 0.6) is 0 Å². The van der Waals surface area contributed by atoms with E-state index in [1.165, 1.54) is 77.2 Å². The van der Waals surface area contributed by atoms with Gasteiger partial charge in [-0.2, -0.15) is 4.57 Å². The van der Waals surface area contributed by atoms with Gasteiger partial charge < -0.3 is 9.13 Å². The summed E-state index contributed by atoms with van der Waals surface area (Å²) in [4.78, 5) is 0. The van der Waals surface area contributed by atoms with Gasteiger partial charge in [-0.1, -0.05) is 98.8 Å². The van der Waals surface area contributed by atoms with Gasteiger partial charge in [-0.05, 0) is 71.3 Å². The molecule has 0 aliphatic carbocycles. The highest BCUT2D eigenvalue weighted by Gasteiger charge is 2.43. The highest BCUT2D eigenvalue weighted by molar-refractivity contribution is 6.24. The van der Waals surface area contributed by atoms with Crippen LogP contribution in [0.3, 0.4) is 0 Å². The van der Waals surface area contributed by atoms with Crippen LogP contribution in [0, 0.1) is 0 Å². The van der Waals surface area contributed by atoms with E-state index < -0.39 is 0 Å². The van der Waals surface area contributed by atoms with Crippen molar-refractivity contribution in [2.24, 2.45) is 0 Å². The van der Waals surface area contributed by atoms with Crippen LogP contribution in [0.4, 0.5) is 0 Å². The quantitative estimate of drug-likeness (QED) is 0.166. The van der Waals surface area contributed by atoms with Gasteiger partial charge in [-0.3, -0.25) is 0 Å². The summed E-state index contributed by atoms with van der Waals surface area (Å²) in [5.41, 5.74) is 13.9. The van der Waals surface area contributed by atoms with Gasteiger partial charge in [-0.25, -0.2) is 0 Å². The van der Waals surface area contributed by atoms with Gasteiger partial charge in [0.25, 0.3) is 0 Å². The molecule has 0 fully saturated rings. The van der Waals surface area contributed by atoms with Gasteiger partial charge >= 0.3 is 0 Å². The Balaban J connectivity index is 1.25. The Bertz CT molecular complexity index is 2740. The molecule has 240 valence electrons. The average molecular weight is 645 g/mol. The fourth-order valence-electron chi connectivity index (χ4n) is 8.93. The molecule has 0 saturated carbocycles. The molecule has 10 rings (SSSR count). The van der Waals surface area contributed by atoms with Crippen LogP contribution < -0.4 is 4.57 Å². The molecular formula is C47H38N3+. The van der Waals surface area contributed by atoms with Crippen molar-refractivity contribution in [3.63, 3.8) is 0 Å². The molecule has 1 aliphatic heterocycles. The normalized spacial score (nSPS) is 13.6. The maximum Gasteiger partial charge on any atom is 0.213 e. The number of aromatic nitrogens is 3. The lowest BCUT2D eigenvalue weighted by molar-refractivity contribution is -0.758. The van der Waals surface area contributed by atoms with E-state index in [2.05, 4.69) is 185 Å².